The van der Waals surface area contributed by atoms with E-state index in [4.69, 9.17) is 0 Å². The average Bonchev–Trinajstić information content (AvgIpc) is 2.79. The van der Waals surface area contributed by atoms with Crippen molar-refractivity contribution in [1.29, 1.82) is 0 Å². The predicted octanol–water partition coefficient (Wildman–Crippen LogP) is 7.22. The van der Waals surface area contributed by atoms with Crippen LogP contribution in [0.5, 0.6) is 0 Å². The molecule has 0 saturated heterocycles. The Kier molecular flexibility index (Phi) is 6.60. The lowest BCUT2D eigenvalue weighted by molar-refractivity contribution is -0.155. The molecule has 0 heterocycles. The van der Waals surface area contributed by atoms with Crippen LogP contribution in [0.2, 0.25) is 0 Å². The van der Waals surface area contributed by atoms with Crippen LogP contribution >= 0.6 is 0 Å². The number of carbonyl (C=O) groups is 1. The van der Waals surface area contributed by atoms with Crippen LogP contribution < -0.4 is 0 Å². The predicted molar refractivity (Wildman–Crippen MR) is 134 cm³/mol. The van der Waals surface area contributed by atoms with Crippen LogP contribution in [0.15, 0.2) is 66.7 Å². The first kappa shape index (κ1) is 24.5. The van der Waals surface area contributed by atoms with E-state index in [1.807, 2.05) is 56.3 Å². The van der Waals surface area contributed by atoms with Gasteiger partial charge in [0.1, 0.15) is 5.78 Å². The molecular formula is C30H40O2. The van der Waals surface area contributed by atoms with Crippen molar-refractivity contribution in [3.8, 4) is 0 Å². The molecule has 2 aromatic rings. The molecule has 3 rings (SSSR count). The largest absolute Gasteiger partial charge is 0.384 e. The van der Waals surface area contributed by atoms with Crippen molar-refractivity contribution in [3.63, 3.8) is 0 Å². The third-order valence-corrected chi connectivity index (χ3v) is 8.39. The van der Waals surface area contributed by atoms with Crippen LogP contribution in [0.25, 0.3) is 5.57 Å². The molecule has 0 unspecified atom stereocenters. The summed E-state index contributed by atoms with van der Waals surface area (Å²) in [6.07, 6.45) is 4.25. The fourth-order valence-corrected chi connectivity index (χ4v) is 5.23. The second-order valence-corrected chi connectivity index (χ2v) is 11.1. The summed E-state index contributed by atoms with van der Waals surface area (Å²) in [6.45, 7) is 14.6. The van der Waals surface area contributed by atoms with Crippen molar-refractivity contribution in [1.82, 2.24) is 0 Å². The molecule has 1 aliphatic carbocycles. The van der Waals surface area contributed by atoms with Gasteiger partial charge in [-0.25, -0.2) is 0 Å². The highest BCUT2D eigenvalue weighted by atomic mass is 16.3. The summed E-state index contributed by atoms with van der Waals surface area (Å²) in [4.78, 5) is 14.3. The molecule has 32 heavy (non-hydrogen) atoms. The highest BCUT2D eigenvalue weighted by molar-refractivity contribution is 5.91. The van der Waals surface area contributed by atoms with Gasteiger partial charge in [0.2, 0.25) is 0 Å². The lowest BCUT2D eigenvalue weighted by atomic mass is 9.49. The molecule has 0 spiro atoms. The molecule has 0 aliphatic heterocycles. The monoisotopic (exact) mass is 432 g/mol. The molecule has 0 fully saturated rings. The van der Waals surface area contributed by atoms with Gasteiger partial charge in [0, 0.05) is 10.8 Å². The Morgan fingerprint density at radius 1 is 0.938 bits per heavy atom. The van der Waals surface area contributed by atoms with E-state index in [1.54, 1.807) is 0 Å². The van der Waals surface area contributed by atoms with Gasteiger partial charge >= 0.3 is 0 Å². The highest BCUT2D eigenvalue weighted by Crippen LogP contribution is 2.57. The lowest BCUT2D eigenvalue weighted by Crippen LogP contribution is -2.62. The molecule has 172 valence electrons. The van der Waals surface area contributed by atoms with Gasteiger partial charge in [-0.3, -0.25) is 4.79 Å². The van der Waals surface area contributed by atoms with E-state index >= 15 is 0 Å². The first-order chi connectivity index (χ1) is 14.9. The zero-order chi connectivity index (χ0) is 23.8. The Morgan fingerprint density at radius 2 is 1.47 bits per heavy atom. The van der Waals surface area contributed by atoms with Crippen molar-refractivity contribution < 1.29 is 9.90 Å². The first-order valence-electron chi connectivity index (χ1n) is 12.0. The number of benzene rings is 2. The maximum absolute atomic E-state index is 14.3. The van der Waals surface area contributed by atoms with Crippen LogP contribution in [0.3, 0.4) is 0 Å². The van der Waals surface area contributed by atoms with E-state index in [2.05, 4.69) is 58.9 Å². The standard InChI is InChI=1S/C30H40O2/c1-8-27(3,4)26(31)25-29(7,24-18-14-11-15-19-24)20-23(22-16-12-10-13-17-22)21-30(25,32)28(5,6)9-2/h10-19,21,25,32H,8-9,20H2,1-7H3/t25-,29-,30+/m1/s1. The molecular weight excluding hydrogens is 392 g/mol. The Bertz CT molecular complexity index is 970. The van der Waals surface area contributed by atoms with Gasteiger partial charge in [0.25, 0.3) is 0 Å². The maximum atomic E-state index is 14.3. The maximum Gasteiger partial charge on any atom is 0.145 e. The Balaban J connectivity index is 2.37. The van der Waals surface area contributed by atoms with Crippen molar-refractivity contribution in [2.75, 3.05) is 0 Å². The Hall–Kier alpha value is -2.19. The van der Waals surface area contributed by atoms with Crippen molar-refractivity contribution in [2.24, 2.45) is 16.7 Å². The summed E-state index contributed by atoms with van der Waals surface area (Å²) in [7, 11) is 0. The van der Waals surface area contributed by atoms with E-state index in [0.29, 0.717) is 6.42 Å². The number of carbonyl (C=O) groups excluding carboxylic acids is 1. The number of aliphatic hydroxyl groups is 1. The van der Waals surface area contributed by atoms with Crippen molar-refractivity contribution >= 4 is 11.4 Å². The van der Waals surface area contributed by atoms with Gasteiger partial charge in [-0.15, -0.1) is 0 Å². The van der Waals surface area contributed by atoms with E-state index in [0.717, 1.165) is 29.5 Å². The number of allylic oxidation sites excluding steroid dienone is 1. The second-order valence-electron chi connectivity index (χ2n) is 11.1. The van der Waals surface area contributed by atoms with Crippen molar-refractivity contribution in [3.05, 3.63) is 77.9 Å². The number of Topliss-reactive ketones (excluding diaryl/α,β-unsaturated/α-hetero) is 1. The first-order valence-corrected chi connectivity index (χ1v) is 12.0. The van der Waals surface area contributed by atoms with Gasteiger partial charge < -0.3 is 5.11 Å². The molecule has 0 aromatic heterocycles. The molecule has 0 amide bonds. The van der Waals surface area contributed by atoms with Gasteiger partial charge in [0.15, 0.2) is 0 Å². The summed E-state index contributed by atoms with van der Waals surface area (Å²) in [5.41, 5.74) is 0.521. The summed E-state index contributed by atoms with van der Waals surface area (Å²) >= 11 is 0. The van der Waals surface area contributed by atoms with Crippen LogP contribution in [0, 0.1) is 16.7 Å². The third-order valence-electron chi connectivity index (χ3n) is 8.39. The normalized spacial score (nSPS) is 26.5. The molecule has 0 radical (unpaired) electrons. The van der Waals surface area contributed by atoms with Crippen LogP contribution in [0.1, 0.15) is 78.9 Å². The van der Waals surface area contributed by atoms with Gasteiger partial charge in [-0.1, -0.05) is 109 Å². The number of hydrogen-bond acceptors (Lipinski definition) is 2. The minimum absolute atomic E-state index is 0.152. The average molecular weight is 433 g/mol. The van der Waals surface area contributed by atoms with Crippen LogP contribution in [0.4, 0.5) is 0 Å². The highest BCUT2D eigenvalue weighted by Gasteiger charge is 2.61. The van der Waals surface area contributed by atoms with Gasteiger partial charge in [0.05, 0.1) is 11.5 Å². The number of hydrogen-bond donors (Lipinski definition) is 1. The van der Waals surface area contributed by atoms with Gasteiger partial charge in [-0.2, -0.15) is 0 Å². The molecule has 0 saturated carbocycles. The van der Waals surface area contributed by atoms with Crippen LogP contribution in [-0.4, -0.2) is 16.5 Å². The summed E-state index contributed by atoms with van der Waals surface area (Å²) in [6, 6.07) is 20.6. The van der Waals surface area contributed by atoms with E-state index < -0.39 is 27.8 Å². The molecule has 2 aromatic carbocycles. The molecule has 2 heteroatoms. The van der Waals surface area contributed by atoms with E-state index in [-0.39, 0.29) is 5.78 Å². The zero-order valence-electron chi connectivity index (χ0n) is 20.9. The van der Waals surface area contributed by atoms with E-state index in [1.165, 1.54) is 0 Å². The fourth-order valence-electron chi connectivity index (χ4n) is 5.23. The summed E-state index contributed by atoms with van der Waals surface area (Å²) in [5, 5.41) is 12.6. The Morgan fingerprint density at radius 3 is 1.97 bits per heavy atom. The topological polar surface area (TPSA) is 37.3 Å². The molecule has 0 bridgehead atoms. The molecule has 1 aliphatic rings. The fraction of sp³-hybridized carbons (Fsp3) is 0.500. The summed E-state index contributed by atoms with van der Waals surface area (Å²) in [5.74, 6) is -0.395. The minimum atomic E-state index is -1.28. The minimum Gasteiger partial charge on any atom is -0.384 e. The smallest absolute Gasteiger partial charge is 0.145 e. The molecule has 1 N–H and O–H groups in total. The van der Waals surface area contributed by atoms with E-state index in [9.17, 15) is 9.90 Å². The molecule has 3 atom stereocenters. The van der Waals surface area contributed by atoms with Gasteiger partial charge in [-0.05, 0) is 47.5 Å². The quantitative estimate of drug-likeness (QED) is 0.501. The number of ketones is 1. The number of rotatable bonds is 7. The zero-order valence-corrected chi connectivity index (χ0v) is 20.9. The second kappa shape index (κ2) is 8.63. The third kappa shape index (κ3) is 3.99. The van der Waals surface area contributed by atoms with Crippen LogP contribution in [-0.2, 0) is 10.2 Å². The molecule has 2 nitrogen and oxygen atoms in total. The Labute approximate surface area is 194 Å². The van der Waals surface area contributed by atoms with Crippen molar-refractivity contribution in [2.45, 2.75) is 78.7 Å². The summed E-state index contributed by atoms with van der Waals surface area (Å²) < 4.78 is 0. The lowest BCUT2D eigenvalue weighted by Gasteiger charge is -2.56. The SMILES string of the molecule is CCC(C)(C)C(=O)[C@@H]1[C@@](C)(c2ccccc2)CC(c2ccccc2)=C[C@@]1(O)C(C)(C)CC.